The highest BCUT2D eigenvalue weighted by atomic mass is 15.1. The van der Waals surface area contributed by atoms with E-state index in [0.29, 0.717) is 0 Å². The van der Waals surface area contributed by atoms with Gasteiger partial charge in [0.1, 0.15) is 0 Å². The largest absolute Gasteiger partial charge is 0.372 e. The molecule has 0 saturated carbocycles. The lowest BCUT2D eigenvalue weighted by atomic mass is 10.2. The summed E-state index contributed by atoms with van der Waals surface area (Å²) in [7, 11) is 0. The smallest absolute Gasteiger partial charge is 0.0366 e. The number of benzene rings is 1. The molecular weight excluding hydrogens is 208 g/mol. The third-order valence-electron chi connectivity index (χ3n) is 3.10. The van der Waals surface area contributed by atoms with E-state index >= 15 is 0 Å². The lowest BCUT2D eigenvalue weighted by Crippen LogP contribution is -2.21. The SMILES string of the molecule is CCCCNCc1ccc(N(CC)CC)cc1. The number of unbranched alkanes of at least 4 members (excludes halogenated alkanes) is 1. The molecule has 0 aromatic heterocycles. The molecule has 0 aliphatic heterocycles. The number of hydrogen-bond donors (Lipinski definition) is 1. The van der Waals surface area contributed by atoms with Crippen LogP contribution in [0.5, 0.6) is 0 Å². The summed E-state index contributed by atoms with van der Waals surface area (Å²) >= 11 is 0. The standard InChI is InChI=1S/C15H26N2/c1-4-7-12-16-13-14-8-10-15(11-9-14)17(5-2)6-3/h8-11,16H,4-7,12-13H2,1-3H3. The molecule has 0 spiro atoms. The minimum absolute atomic E-state index is 0.985. The van der Waals surface area contributed by atoms with Gasteiger partial charge in [0, 0.05) is 25.3 Å². The number of nitrogens with one attached hydrogen (secondary N) is 1. The number of rotatable bonds is 8. The van der Waals surface area contributed by atoms with Gasteiger partial charge in [-0.2, -0.15) is 0 Å². The van der Waals surface area contributed by atoms with Gasteiger partial charge in [-0.25, -0.2) is 0 Å². The van der Waals surface area contributed by atoms with E-state index in [1.165, 1.54) is 24.1 Å². The Morgan fingerprint density at radius 2 is 1.65 bits per heavy atom. The molecule has 96 valence electrons. The van der Waals surface area contributed by atoms with Crippen LogP contribution in [0.2, 0.25) is 0 Å². The lowest BCUT2D eigenvalue weighted by molar-refractivity contribution is 0.641. The van der Waals surface area contributed by atoms with Crippen LogP contribution in [0, 0.1) is 0 Å². The average molecular weight is 234 g/mol. The Balaban J connectivity index is 2.44. The second-order valence-corrected chi connectivity index (χ2v) is 4.37. The van der Waals surface area contributed by atoms with E-state index in [-0.39, 0.29) is 0 Å². The van der Waals surface area contributed by atoms with E-state index < -0.39 is 0 Å². The highest BCUT2D eigenvalue weighted by Crippen LogP contribution is 2.14. The second kappa shape index (κ2) is 8.13. The first-order chi connectivity index (χ1) is 8.31. The molecule has 0 fully saturated rings. The molecule has 0 amide bonds. The van der Waals surface area contributed by atoms with Crippen molar-refractivity contribution in [2.75, 3.05) is 24.5 Å². The first-order valence-corrected chi connectivity index (χ1v) is 6.86. The fourth-order valence-corrected chi connectivity index (χ4v) is 1.95. The van der Waals surface area contributed by atoms with Crippen molar-refractivity contribution in [3.8, 4) is 0 Å². The van der Waals surface area contributed by atoms with Gasteiger partial charge in [-0.1, -0.05) is 25.5 Å². The Kier molecular flexibility index (Phi) is 6.71. The van der Waals surface area contributed by atoms with Gasteiger partial charge in [0.15, 0.2) is 0 Å². The molecule has 0 saturated heterocycles. The maximum absolute atomic E-state index is 3.47. The molecule has 2 heteroatoms. The van der Waals surface area contributed by atoms with E-state index in [9.17, 15) is 0 Å². The number of hydrogen-bond acceptors (Lipinski definition) is 2. The van der Waals surface area contributed by atoms with Crippen molar-refractivity contribution in [1.82, 2.24) is 5.32 Å². The van der Waals surface area contributed by atoms with Gasteiger partial charge >= 0.3 is 0 Å². The summed E-state index contributed by atoms with van der Waals surface area (Å²) in [6, 6.07) is 8.91. The van der Waals surface area contributed by atoms with Gasteiger partial charge in [-0.15, -0.1) is 0 Å². The van der Waals surface area contributed by atoms with Gasteiger partial charge in [-0.05, 0) is 44.5 Å². The summed E-state index contributed by atoms with van der Waals surface area (Å²) < 4.78 is 0. The van der Waals surface area contributed by atoms with Crippen LogP contribution in [-0.4, -0.2) is 19.6 Å². The van der Waals surface area contributed by atoms with Gasteiger partial charge in [-0.3, -0.25) is 0 Å². The Labute approximate surface area is 106 Å². The van der Waals surface area contributed by atoms with Crippen LogP contribution in [0.1, 0.15) is 39.2 Å². The van der Waals surface area contributed by atoms with E-state index in [1.54, 1.807) is 0 Å². The molecule has 1 aromatic carbocycles. The van der Waals surface area contributed by atoms with Crippen molar-refractivity contribution in [1.29, 1.82) is 0 Å². The molecule has 0 radical (unpaired) electrons. The van der Waals surface area contributed by atoms with Gasteiger partial charge in [0.2, 0.25) is 0 Å². The molecule has 1 aromatic rings. The normalized spacial score (nSPS) is 10.5. The minimum Gasteiger partial charge on any atom is -0.372 e. The predicted molar refractivity (Wildman–Crippen MR) is 76.6 cm³/mol. The fraction of sp³-hybridized carbons (Fsp3) is 0.600. The molecule has 2 nitrogen and oxygen atoms in total. The summed E-state index contributed by atoms with van der Waals surface area (Å²) in [5.74, 6) is 0. The zero-order chi connectivity index (χ0) is 12.5. The molecule has 1 N–H and O–H groups in total. The molecule has 0 unspecified atom stereocenters. The number of nitrogens with zero attached hydrogens (tertiary/aromatic N) is 1. The van der Waals surface area contributed by atoms with Crippen LogP contribution in [0.4, 0.5) is 5.69 Å². The Morgan fingerprint density at radius 3 is 2.18 bits per heavy atom. The van der Waals surface area contributed by atoms with Crippen LogP contribution in [-0.2, 0) is 6.54 Å². The summed E-state index contributed by atoms with van der Waals surface area (Å²) in [6.45, 7) is 10.9. The monoisotopic (exact) mass is 234 g/mol. The van der Waals surface area contributed by atoms with Crippen LogP contribution < -0.4 is 10.2 Å². The molecule has 0 bridgehead atoms. The molecule has 0 aliphatic carbocycles. The van der Waals surface area contributed by atoms with Gasteiger partial charge in [0.25, 0.3) is 0 Å². The molecule has 0 aliphatic rings. The minimum atomic E-state index is 0.985. The molecule has 1 rings (SSSR count). The molecule has 17 heavy (non-hydrogen) atoms. The fourth-order valence-electron chi connectivity index (χ4n) is 1.95. The Bertz CT molecular complexity index is 288. The third kappa shape index (κ3) is 4.78. The highest BCUT2D eigenvalue weighted by Gasteiger charge is 2.00. The third-order valence-corrected chi connectivity index (χ3v) is 3.10. The molecular formula is C15H26N2. The maximum Gasteiger partial charge on any atom is 0.0366 e. The summed E-state index contributed by atoms with van der Waals surface area (Å²) in [6.07, 6.45) is 2.52. The maximum atomic E-state index is 3.47. The average Bonchev–Trinajstić information content (AvgIpc) is 2.38. The van der Waals surface area contributed by atoms with Crippen molar-refractivity contribution in [2.24, 2.45) is 0 Å². The van der Waals surface area contributed by atoms with Gasteiger partial charge < -0.3 is 10.2 Å². The van der Waals surface area contributed by atoms with E-state index in [1.807, 2.05) is 0 Å². The van der Waals surface area contributed by atoms with E-state index in [2.05, 4.69) is 55.3 Å². The zero-order valence-electron chi connectivity index (χ0n) is 11.5. The van der Waals surface area contributed by atoms with Crippen molar-refractivity contribution in [3.63, 3.8) is 0 Å². The Morgan fingerprint density at radius 1 is 1.00 bits per heavy atom. The van der Waals surface area contributed by atoms with Crippen LogP contribution >= 0.6 is 0 Å². The summed E-state index contributed by atoms with van der Waals surface area (Å²) in [5, 5.41) is 3.47. The first kappa shape index (κ1) is 14.0. The van der Waals surface area contributed by atoms with Crippen LogP contribution in [0.25, 0.3) is 0 Å². The van der Waals surface area contributed by atoms with Crippen molar-refractivity contribution < 1.29 is 0 Å². The Hall–Kier alpha value is -1.02. The summed E-state index contributed by atoms with van der Waals surface area (Å²) in [5.41, 5.74) is 2.70. The highest BCUT2D eigenvalue weighted by molar-refractivity contribution is 5.47. The van der Waals surface area contributed by atoms with E-state index in [0.717, 1.165) is 26.2 Å². The molecule has 0 heterocycles. The van der Waals surface area contributed by atoms with Crippen molar-refractivity contribution in [3.05, 3.63) is 29.8 Å². The quantitative estimate of drug-likeness (QED) is 0.693. The topological polar surface area (TPSA) is 15.3 Å². The zero-order valence-corrected chi connectivity index (χ0v) is 11.5. The molecule has 0 atom stereocenters. The van der Waals surface area contributed by atoms with Crippen LogP contribution in [0.3, 0.4) is 0 Å². The van der Waals surface area contributed by atoms with Gasteiger partial charge in [0.05, 0.1) is 0 Å². The lowest BCUT2D eigenvalue weighted by Gasteiger charge is -2.21. The number of anilines is 1. The van der Waals surface area contributed by atoms with Crippen molar-refractivity contribution in [2.45, 2.75) is 40.2 Å². The predicted octanol–water partition coefficient (Wildman–Crippen LogP) is 3.42. The second-order valence-electron chi connectivity index (χ2n) is 4.37. The van der Waals surface area contributed by atoms with Crippen LogP contribution in [0.15, 0.2) is 24.3 Å². The summed E-state index contributed by atoms with van der Waals surface area (Å²) in [4.78, 5) is 2.37. The first-order valence-electron chi connectivity index (χ1n) is 6.86. The van der Waals surface area contributed by atoms with E-state index in [4.69, 9.17) is 0 Å². The van der Waals surface area contributed by atoms with Crippen molar-refractivity contribution >= 4 is 5.69 Å².